The molecule has 21 heavy (non-hydrogen) atoms. The molecule has 2 unspecified atom stereocenters. The summed E-state index contributed by atoms with van der Waals surface area (Å²) in [6, 6.07) is 8.26. The Hall–Kier alpha value is -1.45. The highest BCUT2D eigenvalue weighted by molar-refractivity contribution is 5.69. The maximum atomic E-state index is 12.7. The van der Waals surface area contributed by atoms with Gasteiger partial charge in [0.05, 0.1) is 6.61 Å². The van der Waals surface area contributed by atoms with Gasteiger partial charge in [0.25, 0.3) is 5.92 Å². The van der Waals surface area contributed by atoms with Crippen LogP contribution >= 0.6 is 0 Å². The number of hydrogen-bond donors (Lipinski definition) is 0. The molecule has 0 amide bonds. The van der Waals surface area contributed by atoms with Crippen LogP contribution in [0, 0.1) is 5.92 Å². The minimum Gasteiger partial charge on any atom is -0.465 e. The zero-order valence-electron chi connectivity index (χ0n) is 12.0. The minimum absolute atomic E-state index is 0.0731. The molecule has 0 N–H and O–H groups in total. The van der Waals surface area contributed by atoms with Crippen LogP contribution in [0.25, 0.3) is 0 Å². The van der Waals surface area contributed by atoms with E-state index in [1.165, 1.54) is 11.1 Å². The molecule has 0 aliphatic heterocycles. The highest BCUT2D eigenvalue weighted by Crippen LogP contribution is 2.51. The van der Waals surface area contributed by atoms with E-state index in [2.05, 4.69) is 12.1 Å². The van der Waals surface area contributed by atoms with Crippen molar-refractivity contribution in [2.24, 2.45) is 5.92 Å². The fraction of sp³-hybridized carbons (Fsp3) is 0.588. The Balaban J connectivity index is 1.46. The molecule has 2 aliphatic rings. The quantitative estimate of drug-likeness (QED) is 0.765. The highest BCUT2D eigenvalue weighted by atomic mass is 19.3. The highest BCUT2D eigenvalue weighted by Gasteiger charge is 2.56. The first kappa shape index (κ1) is 14.5. The van der Waals surface area contributed by atoms with Crippen LogP contribution in [0.3, 0.4) is 0 Å². The minimum atomic E-state index is -2.54. The number of fused-ring (bicyclic) bond motifs is 1. The maximum Gasteiger partial charge on any atom is 0.305 e. The largest absolute Gasteiger partial charge is 0.465 e. The molecule has 0 bridgehead atoms. The van der Waals surface area contributed by atoms with Crippen molar-refractivity contribution in [3.8, 4) is 0 Å². The fourth-order valence-corrected chi connectivity index (χ4v) is 3.17. The van der Waals surface area contributed by atoms with Gasteiger partial charge >= 0.3 is 5.97 Å². The topological polar surface area (TPSA) is 26.3 Å². The zero-order chi connectivity index (χ0) is 14.9. The van der Waals surface area contributed by atoms with Crippen LogP contribution in [0.5, 0.6) is 0 Å². The second-order valence-corrected chi connectivity index (χ2v) is 6.17. The van der Waals surface area contributed by atoms with E-state index in [1.54, 1.807) is 0 Å². The normalized spacial score (nSPS) is 26.0. The lowest BCUT2D eigenvalue weighted by atomic mass is 9.83. The summed E-state index contributed by atoms with van der Waals surface area (Å²) in [6.07, 6.45) is 3.48. The van der Waals surface area contributed by atoms with Crippen molar-refractivity contribution in [2.45, 2.75) is 50.4 Å². The predicted octanol–water partition coefficient (Wildman–Crippen LogP) is 4.09. The summed E-state index contributed by atoms with van der Waals surface area (Å²) < 4.78 is 30.8. The van der Waals surface area contributed by atoms with E-state index in [0.29, 0.717) is 6.61 Å². The Kier molecular flexibility index (Phi) is 3.96. The van der Waals surface area contributed by atoms with Gasteiger partial charge in [-0.05, 0) is 36.8 Å². The molecular formula is C17H20F2O2. The van der Waals surface area contributed by atoms with Crippen LogP contribution in [-0.4, -0.2) is 18.5 Å². The lowest BCUT2D eigenvalue weighted by Crippen LogP contribution is -2.17. The lowest BCUT2D eigenvalue weighted by molar-refractivity contribution is -0.144. The van der Waals surface area contributed by atoms with Crippen molar-refractivity contribution < 1.29 is 18.3 Å². The molecule has 2 nitrogen and oxygen atoms in total. The average Bonchev–Trinajstić information content (AvgIpc) is 3.10. The first-order chi connectivity index (χ1) is 10.1. The molecule has 1 saturated carbocycles. The Morgan fingerprint density at radius 2 is 2.10 bits per heavy atom. The number of alkyl halides is 2. The van der Waals surface area contributed by atoms with Gasteiger partial charge in [-0.2, -0.15) is 0 Å². The smallest absolute Gasteiger partial charge is 0.305 e. The van der Waals surface area contributed by atoms with E-state index in [-0.39, 0.29) is 31.1 Å². The van der Waals surface area contributed by atoms with Crippen LogP contribution in [0.2, 0.25) is 0 Å². The number of carbonyl (C=O) groups is 1. The summed E-state index contributed by atoms with van der Waals surface area (Å²) >= 11 is 0. The van der Waals surface area contributed by atoms with Crippen molar-refractivity contribution in [2.75, 3.05) is 6.61 Å². The Morgan fingerprint density at radius 3 is 2.86 bits per heavy atom. The summed E-state index contributed by atoms with van der Waals surface area (Å²) in [4.78, 5) is 11.7. The van der Waals surface area contributed by atoms with Gasteiger partial charge in [-0.25, -0.2) is 8.78 Å². The van der Waals surface area contributed by atoms with E-state index in [9.17, 15) is 13.6 Å². The molecule has 0 heterocycles. The monoisotopic (exact) mass is 294 g/mol. The summed E-state index contributed by atoms with van der Waals surface area (Å²) in [7, 11) is 0. The molecule has 0 aromatic heterocycles. The summed E-state index contributed by atoms with van der Waals surface area (Å²) in [5, 5.41) is 0. The number of rotatable bonds is 5. The molecule has 1 fully saturated rings. The second-order valence-electron chi connectivity index (χ2n) is 6.17. The molecule has 114 valence electrons. The number of halogens is 2. The Labute approximate surface area is 123 Å². The van der Waals surface area contributed by atoms with Crippen molar-refractivity contribution in [3.05, 3.63) is 35.4 Å². The molecule has 0 saturated heterocycles. The van der Waals surface area contributed by atoms with E-state index in [0.717, 1.165) is 19.3 Å². The lowest BCUT2D eigenvalue weighted by Gasteiger charge is -2.25. The van der Waals surface area contributed by atoms with Crippen LogP contribution in [0.15, 0.2) is 24.3 Å². The number of benzene rings is 1. The summed E-state index contributed by atoms with van der Waals surface area (Å²) in [6.45, 7) is 0.372. The molecule has 2 atom stereocenters. The van der Waals surface area contributed by atoms with Crippen molar-refractivity contribution in [1.82, 2.24) is 0 Å². The van der Waals surface area contributed by atoms with Crippen LogP contribution in [-0.2, 0) is 16.0 Å². The number of hydrogen-bond acceptors (Lipinski definition) is 2. The third-order valence-corrected chi connectivity index (χ3v) is 4.59. The van der Waals surface area contributed by atoms with Crippen molar-refractivity contribution >= 4 is 5.97 Å². The predicted molar refractivity (Wildman–Crippen MR) is 75.4 cm³/mol. The standard InChI is InChI=1S/C17H20F2O2/c18-17(19)10-14(17)8-9-16(20)21-11-13-6-3-5-12-4-1-2-7-15(12)13/h1-2,4,7,13-14H,3,5-6,8-11H2. The van der Waals surface area contributed by atoms with Gasteiger partial charge in [-0.3, -0.25) is 4.79 Å². The molecule has 1 aromatic rings. The zero-order valence-corrected chi connectivity index (χ0v) is 12.0. The second kappa shape index (κ2) is 5.74. The fourth-order valence-electron chi connectivity index (χ4n) is 3.17. The molecule has 1 aromatic carbocycles. The first-order valence-electron chi connectivity index (χ1n) is 7.67. The third-order valence-electron chi connectivity index (χ3n) is 4.59. The van der Waals surface area contributed by atoms with Gasteiger partial charge in [0, 0.05) is 24.7 Å². The number of esters is 1. The molecule has 2 aliphatic carbocycles. The summed E-state index contributed by atoms with van der Waals surface area (Å²) in [5.74, 6) is -3.25. The van der Waals surface area contributed by atoms with Gasteiger partial charge in [0.1, 0.15) is 0 Å². The van der Waals surface area contributed by atoms with E-state index >= 15 is 0 Å². The SMILES string of the molecule is O=C(CCC1CC1(F)F)OCC1CCCc2ccccc21. The van der Waals surface area contributed by atoms with E-state index < -0.39 is 11.8 Å². The molecule has 0 radical (unpaired) electrons. The van der Waals surface area contributed by atoms with Gasteiger partial charge in [-0.15, -0.1) is 0 Å². The average molecular weight is 294 g/mol. The van der Waals surface area contributed by atoms with Gasteiger partial charge in [0.15, 0.2) is 0 Å². The van der Waals surface area contributed by atoms with Crippen LogP contribution in [0.4, 0.5) is 8.78 Å². The number of carbonyl (C=O) groups excluding carboxylic acids is 1. The molecule has 0 spiro atoms. The van der Waals surface area contributed by atoms with E-state index in [4.69, 9.17) is 4.74 Å². The Morgan fingerprint density at radius 1 is 1.33 bits per heavy atom. The molecule has 4 heteroatoms. The van der Waals surface area contributed by atoms with Crippen LogP contribution < -0.4 is 0 Å². The van der Waals surface area contributed by atoms with Crippen molar-refractivity contribution in [1.29, 1.82) is 0 Å². The van der Waals surface area contributed by atoms with Crippen molar-refractivity contribution in [3.63, 3.8) is 0 Å². The first-order valence-corrected chi connectivity index (χ1v) is 7.67. The summed E-state index contributed by atoms with van der Waals surface area (Å²) in [5.41, 5.74) is 2.60. The molecular weight excluding hydrogens is 274 g/mol. The number of aryl methyl sites for hydroxylation is 1. The maximum absolute atomic E-state index is 12.7. The third kappa shape index (κ3) is 3.42. The van der Waals surface area contributed by atoms with Gasteiger partial charge in [-0.1, -0.05) is 24.3 Å². The molecule has 3 rings (SSSR count). The Bertz CT molecular complexity index is 527. The number of ether oxygens (including phenoxy) is 1. The van der Waals surface area contributed by atoms with Crippen LogP contribution in [0.1, 0.15) is 49.1 Å². The van der Waals surface area contributed by atoms with E-state index in [1.807, 2.05) is 12.1 Å². The van der Waals surface area contributed by atoms with Gasteiger partial charge in [0.2, 0.25) is 0 Å². The van der Waals surface area contributed by atoms with Gasteiger partial charge < -0.3 is 4.74 Å².